The molecule has 0 saturated carbocycles. The van der Waals surface area contributed by atoms with Gasteiger partial charge in [-0.15, -0.1) is 0 Å². The Hall–Kier alpha value is -2.09. The number of aliphatic carboxylic acids is 1. The van der Waals surface area contributed by atoms with Crippen LogP contribution in [0, 0.1) is 0 Å². The van der Waals surface area contributed by atoms with E-state index in [-0.39, 0.29) is 24.4 Å². The Kier molecular flexibility index (Phi) is 6.27. The largest absolute Gasteiger partial charge is 0.480 e. The van der Waals surface area contributed by atoms with Crippen molar-refractivity contribution in [2.45, 2.75) is 50.2 Å². The second kappa shape index (κ2) is 8.51. The van der Waals surface area contributed by atoms with Crippen molar-refractivity contribution in [3.05, 3.63) is 35.4 Å². The van der Waals surface area contributed by atoms with Crippen LogP contribution < -0.4 is 0 Å². The zero-order valence-corrected chi connectivity index (χ0v) is 15.6. The summed E-state index contributed by atoms with van der Waals surface area (Å²) in [7, 11) is 0. The van der Waals surface area contributed by atoms with Crippen molar-refractivity contribution in [1.29, 1.82) is 0 Å². The zero-order chi connectivity index (χ0) is 20.3. The van der Waals surface area contributed by atoms with Gasteiger partial charge in [0.15, 0.2) is 0 Å². The number of carboxylic acids is 1. The van der Waals surface area contributed by atoms with Crippen LogP contribution in [0.3, 0.4) is 0 Å². The number of carbonyl (C=O) groups is 2. The number of halogens is 3. The minimum Gasteiger partial charge on any atom is -0.480 e. The first-order valence-electron chi connectivity index (χ1n) is 9.67. The number of rotatable bonds is 4. The molecule has 0 spiro atoms. The van der Waals surface area contributed by atoms with Crippen LogP contribution in [-0.4, -0.2) is 59.0 Å². The van der Waals surface area contributed by atoms with E-state index >= 15 is 0 Å². The van der Waals surface area contributed by atoms with Gasteiger partial charge in [0.05, 0.1) is 11.6 Å². The Morgan fingerprint density at radius 2 is 1.68 bits per heavy atom. The standard InChI is InChI=1S/C20H25F3N2O3/c21-20(22,23)16-6-4-14(5-7-16)15-8-11-24(12-9-15)17-3-1-2-10-25(19(17)28)13-18(26)27/h4-7,15,17H,1-3,8-13H2,(H,26,27). The first-order chi connectivity index (χ1) is 13.3. The lowest BCUT2D eigenvalue weighted by molar-refractivity contribution is -0.146. The second-order valence-electron chi connectivity index (χ2n) is 7.60. The monoisotopic (exact) mass is 398 g/mol. The van der Waals surface area contributed by atoms with Crippen molar-refractivity contribution in [2.75, 3.05) is 26.2 Å². The lowest BCUT2D eigenvalue weighted by Gasteiger charge is -2.37. The summed E-state index contributed by atoms with van der Waals surface area (Å²) in [6.07, 6.45) is -0.380. The maximum Gasteiger partial charge on any atom is 0.416 e. The number of likely N-dealkylation sites (tertiary alicyclic amines) is 2. The van der Waals surface area contributed by atoms with E-state index in [4.69, 9.17) is 5.11 Å². The summed E-state index contributed by atoms with van der Waals surface area (Å²) in [4.78, 5) is 27.3. The lowest BCUT2D eigenvalue weighted by atomic mass is 9.88. The molecule has 2 aliphatic heterocycles. The van der Waals surface area contributed by atoms with Crippen molar-refractivity contribution in [2.24, 2.45) is 0 Å². The first kappa shape index (κ1) is 20.6. The summed E-state index contributed by atoms with van der Waals surface area (Å²) >= 11 is 0. The highest BCUT2D eigenvalue weighted by Crippen LogP contribution is 2.34. The van der Waals surface area contributed by atoms with Crippen LogP contribution in [0.5, 0.6) is 0 Å². The van der Waals surface area contributed by atoms with Crippen LogP contribution >= 0.6 is 0 Å². The summed E-state index contributed by atoms with van der Waals surface area (Å²) in [5, 5.41) is 9.02. The molecule has 2 aliphatic rings. The number of carboxylic acid groups (broad SMARTS) is 1. The van der Waals surface area contributed by atoms with Crippen molar-refractivity contribution in [3.63, 3.8) is 0 Å². The predicted molar refractivity (Wildman–Crippen MR) is 96.8 cm³/mol. The van der Waals surface area contributed by atoms with E-state index < -0.39 is 17.7 Å². The van der Waals surface area contributed by atoms with Gasteiger partial charge < -0.3 is 10.0 Å². The van der Waals surface area contributed by atoms with E-state index in [0.717, 1.165) is 49.8 Å². The van der Waals surface area contributed by atoms with Gasteiger partial charge in [-0.3, -0.25) is 14.5 Å². The Balaban J connectivity index is 1.61. The molecule has 2 heterocycles. The molecule has 0 bridgehead atoms. The van der Waals surface area contributed by atoms with E-state index in [1.807, 2.05) is 0 Å². The molecule has 1 amide bonds. The van der Waals surface area contributed by atoms with Crippen LogP contribution in [0.25, 0.3) is 0 Å². The van der Waals surface area contributed by atoms with Gasteiger partial charge in [0.25, 0.3) is 0 Å². The van der Waals surface area contributed by atoms with E-state index in [1.165, 1.54) is 4.90 Å². The third kappa shape index (κ3) is 4.84. The average Bonchev–Trinajstić information content (AvgIpc) is 2.83. The zero-order valence-electron chi connectivity index (χ0n) is 15.6. The molecule has 2 fully saturated rings. The Labute approximate surface area is 162 Å². The third-order valence-corrected chi connectivity index (χ3v) is 5.76. The van der Waals surface area contributed by atoms with E-state index in [2.05, 4.69) is 4.90 Å². The van der Waals surface area contributed by atoms with Crippen molar-refractivity contribution in [3.8, 4) is 0 Å². The average molecular weight is 398 g/mol. The molecule has 1 aromatic rings. The van der Waals surface area contributed by atoms with Crippen LogP contribution in [0.4, 0.5) is 13.2 Å². The molecule has 1 aromatic carbocycles. The molecule has 2 saturated heterocycles. The van der Waals surface area contributed by atoms with E-state index in [0.29, 0.717) is 19.6 Å². The summed E-state index contributed by atoms with van der Waals surface area (Å²) in [6, 6.07) is 5.05. The molecule has 0 aromatic heterocycles. The topological polar surface area (TPSA) is 60.9 Å². The summed E-state index contributed by atoms with van der Waals surface area (Å²) in [6.45, 7) is 1.58. The van der Waals surface area contributed by atoms with Gasteiger partial charge in [-0.05, 0) is 68.8 Å². The van der Waals surface area contributed by atoms with Gasteiger partial charge in [-0.25, -0.2) is 0 Å². The molecule has 0 radical (unpaired) electrons. The Morgan fingerprint density at radius 3 is 2.25 bits per heavy atom. The summed E-state index contributed by atoms with van der Waals surface area (Å²) in [5.74, 6) is -0.947. The van der Waals surface area contributed by atoms with Crippen LogP contribution in [0.15, 0.2) is 24.3 Å². The molecular formula is C20H25F3N2O3. The number of benzene rings is 1. The molecule has 154 valence electrons. The van der Waals surface area contributed by atoms with E-state index in [9.17, 15) is 22.8 Å². The molecule has 8 heteroatoms. The normalized spacial score (nSPS) is 22.9. The lowest BCUT2D eigenvalue weighted by Crippen LogP contribution is -2.51. The van der Waals surface area contributed by atoms with Gasteiger partial charge in [0.1, 0.15) is 6.54 Å². The molecular weight excluding hydrogens is 373 g/mol. The van der Waals surface area contributed by atoms with Crippen molar-refractivity contribution in [1.82, 2.24) is 9.80 Å². The minimum atomic E-state index is -4.33. The van der Waals surface area contributed by atoms with Gasteiger partial charge in [0, 0.05) is 6.54 Å². The number of alkyl halides is 3. The number of piperidine rings is 1. The van der Waals surface area contributed by atoms with Gasteiger partial charge in [-0.2, -0.15) is 13.2 Å². The summed E-state index contributed by atoms with van der Waals surface area (Å²) < 4.78 is 38.2. The smallest absolute Gasteiger partial charge is 0.416 e. The highest BCUT2D eigenvalue weighted by molar-refractivity contribution is 5.85. The molecule has 1 unspecified atom stereocenters. The molecule has 28 heavy (non-hydrogen) atoms. The van der Waals surface area contributed by atoms with Crippen molar-refractivity contribution < 1.29 is 27.9 Å². The van der Waals surface area contributed by atoms with E-state index in [1.54, 1.807) is 12.1 Å². The summed E-state index contributed by atoms with van der Waals surface area (Å²) in [5.41, 5.74) is 0.253. The van der Waals surface area contributed by atoms with Gasteiger partial charge >= 0.3 is 12.1 Å². The van der Waals surface area contributed by atoms with Crippen LogP contribution in [0.2, 0.25) is 0 Å². The van der Waals surface area contributed by atoms with Crippen LogP contribution in [0.1, 0.15) is 49.1 Å². The fourth-order valence-electron chi connectivity index (χ4n) is 4.23. The maximum atomic E-state index is 12.8. The fraction of sp³-hybridized carbons (Fsp3) is 0.600. The Bertz CT molecular complexity index is 698. The number of nitrogens with zero attached hydrogens (tertiary/aromatic N) is 2. The quantitative estimate of drug-likeness (QED) is 0.845. The highest BCUT2D eigenvalue weighted by atomic mass is 19.4. The minimum absolute atomic E-state index is 0.118. The van der Waals surface area contributed by atoms with Gasteiger partial charge in [-0.1, -0.05) is 12.1 Å². The van der Waals surface area contributed by atoms with Gasteiger partial charge in [0.2, 0.25) is 5.91 Å². The maximum absolute atomic E-state index is 12.8. The molecule has 1 atom stereocenters. The predicted octanol–water partition coefficient (Wildman–Crippen LogP) is 3.35. The number of hydrogen-bond acceptors (Lipinski definition) is 3. The second-order valence-corrected chi connectivity index (χ2v) is 7.60. The first-order valence-corrected chi connectivity index (χ1v) is 9.67. The molecule has 1 N–H and O–H groups in total. The fourth-order valence-corrected chi connectivity index (χ4v) is 4.23. The third-order valence-electron chi connectivity index (χ3n) is 5.76. The molecule has 3 rings (SSSR count). The van der Waals surface area contributed by atoms with Crippen molar-refractivity contribution >= 4 is 11.9 Å². The van der Waals surface area contributed by atoms with Crippen LogP contribution in [-0.2, 0) is 15.8 Å². The number of hydrogen-bond donors (Lipinski definition) is 1. The Morgan fingerprint density at radius 1 is 1.04 bits per heavy atom. The number of amides is 1. The number of carbonyl (C=O) groups excluding carboxylic acids is 1. The highest BCUT2D eigenvalue weighted by Gasteiger charge is 2.35. The SMILES string of the molecule is O=C(O)CN1CCCCC(N2CCC(c3ccc(C(F)(F)F)cc3)CC2)C1=O. The molecule has 5 nitrogen and oxygen atoms in total. The molecule has 0 aliphatic carbocycles.